The van der Waals surface area contributed by atoms with Gasteiger partial charge in [0.05, 0.1) is 12.7 Å². The third-order valence-electron chi connectivity index (χ3n) is 4.27. The van der Waals surface area contributed by atoms with Crippen molar-refractivity contribution in [3.05, 3.63) is 41.5 Å². The molecule has 0 atom stereocenters. The van der Waals surface area contributed by atoms with Gasteiger partial charge in [-0.2, -0.15) is 0 Å². The summed E-state index contributed by atoms with van der Waals surface area (Å²) in [7, 11) is 1.34. The van der Waals surface area contributed by atoms with Gasteiger partial charge in [0.1, 0.15) is 0 Å². The topological polar surface area (TPSA) is 66.9 Å². The lowest BCUT2D eigenvalue weighted by Gasteiger charge is -2.37. The molecule has 2 amide bonds. The first-order valence-corrected chi connectivity index (χ1v) is 8.67. The van der Waals surface area contributed by atoms with Crippen molar-refractivity contribution >= 4 is 23.9 Å². The lowest BCUT2D eigenvalue weighted by atomic mass is 9.94. The largest absolute Gasteiger partial charge is 0.465 e. The van der Waals surface area contributed by atoms with Crippen molar-refractivity contribution in [2.24, 2.45) is 5.41 Å². The Balaban J connectivity index is 1.90. The standard InChI is InChI=1S/C20H26N2O4/c1-20(2,3)19(25)22-13-11-21(12-14-22)17(23)10-7-15-5-8-16(9-6-15)18(24)26-4/h5-10H,11-14H2,1-4H3/b10-7+. The minimum Gasteiger partial charge on any atom is -0.465 e. The van der Waals surface area contributed by atoms with Gasteiger partial charge in [-0.3, -0.25) is 9.59 Å². The number of piperazine rings is 1. The number of benzene rings is 1. The summed E-state index contributed by atoms with van der Waals surface area (Å²) in [6, 6.07) is 6.84. The van der Waals surface area contributed by atoms with Crippen LogP contribution < -0.4 is 0 Å². The van der Waals surface area contributed by atoms with Crippen molar-refractivity contribution in [2.75, 3.05) is 33.3 Å². The molecule has 26 heavy (non-hydrogen) atoms. The van der Waals surface area contributed by atoms with E-state index < -0.39 is 5.41 Å². The Morgan fingerprint density at radius 1 is 0.962 bits per heavy atom. The number of methoxy groups -OCH3 is 1. The Morgan fingerprint density at radius 2 is 1.50 bits per heavy atom. The predicted octanol–water partition coefficient (Wildman–Crippen LogP) is 2.20. The highest BCUT2D eigenvalue weighted by atomic mass is 16.5. The third kappa shape index (κ3) is 4.94. The van der Waals surface area contributed by atoms with Gasteiger partial charge < -0.3 is 14.5 Å². The molecule has 0 N–H and O–H groups in total. The Kier molecular flexibility index (Phi) is 6.18. The molecule has 140 valence electrons. The van der Waals surface area contributed by atoms with Crippen LogP contribution in [0.15, 0.2) is 30.3 Å². The predicted molar refractivity (Wildman–Crippen MR) is 99.4 cm³/mol. The zero-order valence-corrected chi connectivity index (χ0v) is 15.8. The van der Waals surface area contributed by atoms with E-state index in [1.54, 1.807) is 35.2 Å². The first kappa shape index (κ1) is 19.7. The second kappa shape index (κ2) is 8.17. The highest BCUT2D eigenvalue weighted by Crippen LogP contribution is 2.18. The molecule has 0 saturated carbocycles. The first-order chi connectivity index (χ1) is 12.2. The summed E-state index contributed by atoms with van der Waals surface area (Å²) in [4.78, 5) is 39.6. The van der Waals surface area contributed by atoms with Crippen molar-refractivity contribution in [2.45, 2.75) is 20.8 Å². The Bertz CT molecular complexity index is 694. The zero-order valence-electron chi connectivity index (χ0n) is 15.8. The van der Waals surface area contributed by atoms with Gasteiger partial charge in [-0.15, -0.1) is 0 Å². The van der Waals surface area contributed by atoms with E-state index in [-0.39, 0.29) is 17.8 Å². The number of esters is 1. The Morgan fingerprint density at radius 3 is 2.00 bits per heavy atom. The van der Waals surface area contributed by atoms with E-state index >= 15 is 0 Å². The van der Waals surface area contributed by atoms with Crippen LogP contribution in [0.5, 0.6) is 0 Å². The molecule has 0 unspecified atom stereocenters. The molecule has 0 aliphatic carbocycles. The summed E-state index contributed by atoms with van der Waals surface area (Å²) in [5.41, 5.74) is 0.894. The number of hydrogen-bond donors (Lipinski definition) is 0. The number of carbonyl (C=O) groups is 3. The molecule has 2 rings (SSSR count). The molecular weight excluding hydrogens is 332 g/mol. The molecule has 1 saturated heterocycles. The maximum Gasteiger partial charge on any atom is 0.337 e. The van der Waals surface area contributed by atoms with Gasteiger partial charge in [0.2, 0.25) is 11.8 Å². The second-order valence-corrected chi connectivity index (χ2v) is 7.31. The lowest BCUT2D eigenvalue weighted by molar-refractivity contribution is -0.143. The van der Waals surface area contributed by atoms with Crippen LogP contribution in [0.1, 0.15) is 36.7 Å². The van der Waals surface area contributed by atoms with Gasteiger partial charge in [-0.1, -0.05) is 32.9 Å². The minimum atomic E-state index is -0.400. The number of amides is 2. The molecule has 1 aliphatic rings. The minimum absolute atomic E-state index is 0.0788. The molecule has 0 aromatic heterocycles. The smallest absolute Gasteiger partial charge is 0.337 e. The van der Waals surface area contributed by atoms with Crippen LogP contribution in [0, 0.1) is 5.41 Å². The average Bonchev–Trinajstić information content (AvgIpc) is 2.64. The molecule has 1 aromatic carbocycles. The maximum absolute atomic E-state index is 12.3. The fraction of sp³-hybridized carbons (Fsp3) is 0.450. The Labute approximate surface area is 154 Å². The van der Waals surface area contributed by atoms with Gasteiger partial charge in [0, 0.05) is 37.7 Å². The normalized spacial score (nSPS) is 15.2. The maximum atomic E-state index is 12.3. The summed E-state index contributed by atoms with van der Waals surface area (Å²) in [5, 5.41) is 0. The molecule has 6 heteroatoms. The summed E-state index contributed by atoms with van der Waals surface area (Å²) in [6.45, 7) is 7.90. The van der Waals surface area contributed by atoms with Gasteiger partial charge in [0.15, 0.2) is 0 Å². The summed E-state index contributed by atoms with van der Waals surface area (Å²) >= 11 is 0. The van der Waals surface area contributed by atoms with E-state index in [0.29, 0.717) is 31.7 Å². The van der Waals surface area contributed by atoms with E-state index in [1.807, 2.05) is 25.7 Å². The summed E-state index contributed by atoms with van der Waals surface area (Å²) in [5.74, 6) is -0.352. The average molecular weight is 358 g/mol. The van der Waals surface area contributed by atoms with Crippen molar-refractivity contribution in [3.63, 3.8) is 0 Å². The summed E-state index contributed by atoms with van der Waals surface area (Å²) in [6.07, 6.45) is 3.24. The van der Waals surface area contributed by atoms with Crippen LogP contribution in [0.25, 0.3) is 6.08 Å². The van der Waals surface area contributed by atoms with Gasteiger partial charge in [-0.25, -0.2) is 4.79 Å². The van der Waals surface area contributed by atoms with E-state index in [0.717, 1.165) is 5.56 Å². The zero-order chi connectivity index (χ0) is 19.3. The van der Waals surface area contributed by atoms with E-state index in [1.165, 1.54) is 13.2 Å². The first-order valence-electron chi connectivity index (χ1n) is 8.67. The van der Waals surface area contributed by atoms with Crippen molar-refractivity contribution in [3.8, 4) is 0 Å². The molecule has 1 heterocycles. The molecular formula is C20H26N2O4. The number of rotatable bonds is 3. The molecule has 6 nitrogen and oxygen atoms in total. The lowest BCUT2D eigenvalue weighted by Crippen LogP contribution is -2.52. The molecule has 0 spiro atoms. The number of ether oxygens (including phenoxy) is 1. The quantitative estimate of drug-likeness (QED) is 0.614. The van der Waals surface area contributed by atoms with Crippen LogP contribution in [-0.2, 0) is 14.3 Å². The van der Waals surface area contributed by atoms with Crippen LogP contribution in [0.3, 0.4) is 0 Å². The monoisotopic (exact) mass is 358 g/mol. The van der Waals surface area contributed by atoms with Crippen LogP contribution in [0.4, 0.5) is 0 Å². The highest BCUT2D eigenvalue weighted by molar-refractivity contribution is 5.93. The molecule has 0 radical (unpaired) electrons. The SMILES string of the molecule is COC(=O)c1ccc(/C=C/C(=O)N2CCN(C(=O)C(C)(C)C)CC2)cc1. The summed E-state index contributed by atoms with van der Waals surface area (Å²) < 4.78 is 4.65. The molecule has 1 aliphatic heterocycles. The fourth-order valence-corrected chi connectivity index (χ4v) is 2.73. The number of hydrogen-bond acceptors (Lipinski definition) is 4. The third-order valence-corrected chi connectivity index (χ3v) is 4.27. The highest BCUT2D eigenvalue weighted by Gasteiger charge is 2.30. The van der Waals surface area contributed by atoms with E-state index in [4.69, 9.17) is 0 Å². The van der Waals surface area contributed by atoms with Gasteiger partial charge >= 0.3 is 5.97 Å². The van der Waals surface area contributed by atoms with Crippen LogP contribution in [-0.4, -0.2) is 60.9 Å². The molecule has 1 fully saturated rings. The van der Waals surface area contributed by atoms with E-state index in [9.17, 15) is 14.4 Å². The number of carbonyl (C=O) groups excluding carboxylic acids is 3. The Hall–Kier alpha value is -2.63. The second-order valence-electron chi connectivity index (χ2n) is 7.31. The van der Waals surface area contributed by atoms with Gasteiger partial charge in [-0.05, 0) is 23.8 Å². The number of nitrogens with zero attached hydrogens (tertiary/aromatic N) is 2. The van der Waals surface area contributed by atoms with Crippen LogP contribution >= 0.6 is 0 Å². The van der Waals surface area contributed by atoms with Crippen molar-refractivity contribution in [1.29, 1.82) is 0 Å². The molecule has 0 bridgehead atoms. The van der Waals surface area contributed by atoms with Gasteiger partial charge in [0.25, 0.3) is 0 Å². The fourth-order valence-electron chi connectivity index (χ4n) is 2.73. The molecule has 1 aromatic rings. The van der Waals surface area contributed by atoms with Crippen molar-refractivity contribution in [1.82, 2.24) is 9.80 Å². The van der Waals surface area contributed by atoms with E-state index in [2.05, 4.69) is 4.74 Å². The van der Waals surface area contributed by atoms with Crippen molar-refractivity contribution < 1.29 is 19.1 Å². The van der Waals surface area contributed by atoms with Crippen LogP contribution in [0.2, 0.25) is 0 Å².